The van der Waals surface area contributed by atoms with E-state index in [1.807, 2.05) is 0 Å². The second-order valence-corrected chi connectivity index (χ2v) is 14.2. The zero-order chi connectivity index (χ0) is 16.5. The lowest BCUT2D eigenvalue weighted by Crippen LogP contribution is -2.53. The van der Waals surface area contributed by atoms with Gasteiger partial charge in [0, 0.05) is 13.1 Å². The molecule has 0 saturated carbocycles. The molecule has 124 valence electrons. The molecule has 1 N–H and O–H groups in total. The van der Waals surface area contributed by atoms with Crippen molar-refractivity contribution in [3.8, 4) is 0 Å². The second-order valence-electron chi connectivity index (χ2n) is 7.11. The van der Waals surface area contributed by atoms with Gasteiger partial charge in [0.2, 0.25) is 0 Å². The predicted octanol–water partition coefficient (Wildman–Crippen LogP) is 1.19. The van der Waals surface area contributed by atoms with E-state index in [2.05, 4.69) is 33.9 Å². The number of rotatable bonds is 5. The van der Waals surface area contributed by atoms with E-state index in [1.165, 1.54) is 0 Å². The second kappa shape index (κ2) is 6.35. The van der Waals surface area contributed by atoms with Crippen LogP contribution in [0.5, 0.6) is 0 Å². The molecule has 0 aromatic heterocycles. The highest BCUT2D eigenvalue weighted by molar-refractivity contribution is 7.91. The molecule has 1 saturated heterocycles. The van der Waals surface area contributed by atoms with E-state index >= 15 is 0 Å². The van der Waals surface area contributed by atoms with E-state index in [0.29, 0.717) is 0 Å². The van der Waals surface area contributed by atoms with Gasteiger partial charge in [-0.2, -0.15) is 0 Å². The minimum absolute atomic E-state index is 0.0152. The van der Waals surface area contributed by atoms with Gasteiger partial charge in [-0.05, 0) is 18.1 Å². The van der Waals surface area contributed by atoms with Crippen molar-refractivity contribution in [1.29, 1.82) is 0 Å². The van der Waals surface area contributed by atoms with Crippen molar-refractivity contribution >= 4 is 24.1 Å². The summed E-state index contributed by atoms with van der Waals surface area (Å²) < 4.78 is 28.9. The van der Waals surface area contributed by atoms with Gasteiger partial charge in [0.25, 0.3) is 0 Å². The summed E-state index contributed by atoms with van der Waals surface area (Å²) in [6.07, 6.45) is 0. The molecule has 0 aliphatic carbocycles. The van der Waals surface area contributed by atoms with Crippen LogP contribution in [0.15, 0.2) is 0 Å². The topological polar surface area (TPSA) is 83.9 Å². The van der Waals surface area contributed by atoms with Crippen molar-refractivity contribution in [2.45, 2.75) is 44.9 Å². The lowest BCUT2D eigenvalue weighted by atomic mass is 10.2. The number of sulfone groups is 1. The number of hydrogen-bond acceptors (Lipinski definition) is 5. The maximum Gasteiger partial charge on any atom is 0.323 e. The first-order valence-corrected chi connectivity index (χ1v) is 11.9. The molecule has 6 nitrogen and oxygen atoms in total. The maximum absolute atomic E-state index is 11.5. The molecule has 1 rings (SSSR count). The highest BCUT2D eigenvalue weighted by Gasteiger charge is 2.39. The Bertz CT molecular complexity index is 469. The van der Waals surface area contributed by atoms with Crippen LogP contribution in [0.4, 0.5) is 0 Å². The lowest BCUT2D eigenvalue weighted by Gasteiger charge is -2.39. The molecule has 0 aromatic rings. The Morgan fingerprint density at radius 1 is 1.29 bits per heavy atom. The average Bonchev–Trinajstić information content (AvgIpc) is 2.29. The minimum Gasteiger partial charge on any atom is -0.480 e. The van der Waals surface area contributed by atoms with E-state index < -0.39 is 30.2 Å². The summed E-state index contributed by atoms with van der Waals surface area (Å²) in [7, 11) is -5.02. The molecule has 21 heavy (non-hydrogen) atoms. The Kier molecular flexibility index (Phi) is 5.63. The Balaban J connectivity index is 2.70. The van der Waals surface area contributed by atoms with Gasteiger partial charge in [-0.1, -0.05) is 20.8 Å². The lowest BCUT2D eigenvalue weighted by molar-refractivity contribution is -0.144. The maximum atomic E-state index is 11.5. The summed E-state index contributed by atoms with van der Waals surface area (Å²) >= 11 is 0. The molecule has 0 aromatic carbocycles. The summed E-state index contributed by atoms with van der Waals surface area (Å²) in [6, 6.07) is -0.769. The normalized spacial score (nSPS) is 22.0. The summed E-state index contributed by atoms with van der Waals surface area (Å²) in [5.41, 5.74) is 0. The monoisotopic (exact) mass is 337 g/mol. The minimum atomic E-state index is -3.01. The number of aliphatic carboxylic acids is 1. The number of carboxylic acids is 1. The molecule has 0 bridgehead atoms. The van der Waals surface area contributed by atoms with Crippen LogP contribution >= 0.6 is 0 Å². The van der Waals surface area contributed by atoms with Gasteiger partial charge in [-0.25, -0.2) is 8.42 Å². The van der Waals surface area contributed by atoms with Gasteiger partial charge in [0.15, 0.2) is 18.2 Å². The van der Waals surface area contributed by atoms with E-state index in [0.717, 1.165) is 0 Å². The third kappa shape index (κ3) is 5.05. The molecule has 1 aliphatic rings. The summed E-state index contributed by atoms with van der Waals surface area (Å²) in [6.45, 7) is 11.1. The Labute approximate surface area is 128 Å². The fourth-order valence-corrected chi connectivity index (χ4v) is 4.11. The zero-order valence-electron chi connectivity index (χ0n) is 13.5. The molecule has 1 fully saturated rings. The fourth-order valence-electron chi connectivity index (χ4n) is 1.87. The molecular weight excluding hydrogens is 310 g/mol. The van der Waals surface area contributed by atoms with Gasteiger partial charge in [0.05, 0.1) is 18.1 Å². The molecule has 0 amide bonds. The molecular formula is C13H27NO5SSi. The summed E-state index contributed by atoms with van der Waals surface area (Å²) in [4.78, 5) is 13.2. The largest absolute Gasteiger partial charge is 0.480 e. The standard InChI is InChI=1S/C13H27NO5SSi/c1-13(2,3)21(4,5)19-10-11(12(15)16)14-6-8-20(17,18)9-7-14/h11H,6-10H2,1-5H3,(H,15,16). The van der Waals surface area contributed by atoms with Crippen LogP contribution < -0.4 is 0 Å². The number of carboxylic acid groups (broad SMARTS) is 1. The Morgan fingerprint density at radius 3 is 2.14 bits per heavy atom. The van der Waals surface area contributed by atoms with Crippen LogP contribution in [0.3, 0.4) is 0 Å². The Hall–Kier alpha value is -0.443. The Morgan fingerprint density at radius 2 is 1.76 bits per heavy atom. The zero-order valence-corrected chi connectivity index (χ0v) is 15.4. The van der Waals surface area contributed by atoms with Crippen LogP contribution in [0.25, 0.3) is 0 Å². The number of hydrogen-bond donors (Lipinski definition) is 1. The van der Waals surface area contributed by atoms with Crippen molar-refractivity contribution in [2.75, 3.05) is 31.2 Å². The highest BCUT2D eigenvalue weighted by Crippen LogP contribution is 2.36. The van der Waals surface area contributed by atoms with Gasteiger partial charge in [-0.15, -0.1) is 0 Å². The highest BCUT2D eigenvalue weighted by atomic mass is 32.2. The smallest absolute Gasteiger partial charge is 0.323 e. The third-order valence-corrected chi connectivity index (χ3v) is 10.6. The molecule has 1 unspecified atom stereocenters. The van der Waals surface area contributed by atoms with Gasteiger partial charge in [-0.3, -0.25) is 9.69 Å². The van der Waals surface area contributed by atoms with Crippen molar-refractivity contribution in [2.24, 2.45) is 0 Å². The van der Waals surface area contributed by atoms with Crippen LogP contribution in [-0.2, 0) is 19.1 Å². The van der Waals surface area contributed by atoms with E-state index in [9.17, 15) is 18.3 Å². The third-order valence-electron chi connectivity index (χ3n) is 4.51. The fraction of sp³-hybridized carbons (Fsp3) is 0.923. The molecule has 1 heterocycles. The first kappa shape index (κ1) is 18.6. The van der Waals surface area contributed by atoms with Crippen LogP contribution in [-0.4, -0.2) is 70.0 Å². The van der Waals surface area contributed by atoms with E-state index in [1.54, 1.807) is 4.90 Å². The molecule has 8 heteroatoms. The van der Waals surface area contributed by atoms with Crippen molar-refractivity contribution in [3.05, 3.63) is 0 Å². The van der Waals surface area contributed by atoms with Crippen molar-refractivity contribution < 1.29 is 22.7 Å². The first-order valence-electron chi connectivity index (χ1n) is 7.17. The SMILES string of the molecule is CC(C)(C)[Si](C)(C)OCC(C(=O)O)N1CCS(=O)(=O)CC1. The quantitative estimate of drug-likeness (QED) is 0.759. The molecule has 0 spiro atoms. The van der Waals surface area contributed by atoms with Crippen LogP contribution in [0.1, 0.15) is 20.8 Å². The van der Waals surface area contributed by atoms with Crippen LogP contribution in [0, 0.1) is 0 Å². The average molecular weight is 338 g/mol. The van der Waals surface area contributed by atoms with Gasteiger partial charge in [0.1, 0.15) is 6.04 Å². The molecule has 1 atom stereocenters. The van der Waals surface area contributed by atoms with Gasteiger partial charge >= 0.3 is 5.97 Å². The number of carbonyl (C=O) groups is 1. The van der Waals surface area contributed by atoms with Gasteiger partial charge < -0.3 is 9.53 Å². The summed E-state index contributed by atoms with van der Waals surface area (Å²) in [5, 5.41) is 9.41. The first-order chi connectivity index (χ1) is 9.36. The number of nitrogens with zero attached hydrogens (tertiary/aromatic N) is 1. The van der Waals surface area contributed by atoms with Crippen molar-refractivity contribution in [1.82, 2.24) is 4.90 Å². The predicted molar refractivity (Wildman–Crippen MR) is 84.8 cm³/mol. The van der Waals surface area contributed by atoms with Crippen LogP contribution in [0.2, 0.25) is 18.1 Å². The summed E-state index contributed by atoms with van der Waals surface area (Å²) in [5.74, 6) is -0.902. The van der Waals surface area contributed by atoms with E-state index in [-0.39, 0.29) is 36.2 Å². The molecule has 0 radical (unpaired) electrons. The molecule has 1 aliphatic heterocycles. The van der Waals surface area contributed by atoms with Crippen molar-refractivity contribution in [3.63, 3.8) is 0 Å². The van der Waals surface area contributed by atoms with E-state index in [4.69, 9.17) is 4.43 Å².